The Kier molecular flexibility index (Phi) is 7.53. The standard InChI is InChI=1S/C31H29F3N4O5S/c1-40-29(39)24-11-8-18(14-35-24)25-16-44-30(36-25)38-19-9-10-20(38)13-21(12-19)41-15-23-27(37-43-28(23)17-6-7-17)22-4-2-3-5-26(22)42-31(32,33)34/h2-5,8,11,14,16-17,19-21H,6-7,9-10,12-13,15H2,1H3/t19-,20+,21-. The first-order valence-electron chi connectivity index (χ1n) is 14.5. The molecule has 0 amide bonds. The van der Waals surface area contributed by atoms with Gasteiger partial charge in [-0.1, -0.05) is 17.3 Å². The van der Waals surface area contributed by atoms with Crippen molar-refractivity contribution in [3.8, 4) is 28.3 Å². The summed E-state index contributed by atoms with van der Waals surface area (Å²) < 4.78 is 60.6. The molecular weight excluding hydrogens is 597 g/mol. The van der Waals surface area contributed by atoms with E-state index in [0.717, 1.165) is 54.9 Å². The normalized spacial score (nSPS) is 21.5. The number of anilines is 1. The van der Waals surface area contributed by atoms with E-state index >= 15 is 0 Å². The summed E-state index contributed by atoms with van der Waals surface area (Å²) >= 11 is 1.58. The quantitative estimate of drug-likeness (QED) is 0.180. The van der Waals surface area contributed by atoms with Crippen molar-refractivity contribution >= 4 is 22.4 Å². The highest BCUT2D eigenvalue weighted by Gasteiger charge is 2.43. The number of para-hydroxylation sites is 1. The molecule has 7 rings (SSSR count). The maximum absolute atomic E-state index is 13.1. The van der Waals surface area contributed by atoms with E-state index in [9.17, 15) is 18.0 Å². The first-order chi connectivity index (χ1) is 21.3. The van der Waals surface area contributed by atoms with E-state index in [0.29, 0.717) is 17.0 Å². The number of esters is 1. The van der Waals surface area contributed by atoms with Crippen molar-refractivity contribution < 1.29 is 36.7 Å². The smallest absolute Gasteiger partial charge is 0.464 e. The Labute approximate surface area is 254 Å². The largest absolute Gasteiger partial charge is 0.573 e. The summed E-state index contributed by atoms with van der Waals surface area (Å²) in [5.41, 5.74) is 3.11. The third-order valence-electron chi connectivity index (χ3n) is 8.45. The average Bonchev–Trinajstić information content (AvgIpc) is 3.48. The number of carbonyl (C=O) groups excluding carboxylic acids is 1. The molecule has 3 fully saturated rings. The second-order valence-corrected chi connectivity index (χ2v) is 12.2. The average molecular weight is 627 g/mol. The van der Waals surface area contributed by atoms with Crippen LogP contribution in [0.2, 0.25) is 0 Å². The maximum Gasteiger partial charge on any atom is 0.573 e. The molecule has 3 aliphatic rings. The second-order valence-electron chi connectivity index (χ2n) is 11.3. The first-order valence-corrected chi connectivity index (χ1v) is 15.4. The van der Waals surface area contributed by atoms with Crippen molar-refractivity contribution in [2.75, 3.05) is 12.0 Å². The van der Waals surface area contributed by atoms with Gasteiger partial charge >= 0.3 is 12.3 Å². The lowest BCUT2D eigenvalue weighted by atomic mass is 10.00. The van der Waals surface area contributed by atoms with Gasteiger partial charge in [-0.3, -0.25) is 0 Å². The van der Waals surface area contributed by atoms with Gasteiger partial charge in [0.25, 0.3) is 0 Å². The monoisotopic (exact) mass is 626 g/mol. The van der Waals surface area contributed by atoms with Crippen LogP contribution in [0.4, 0.5) is 18.3 Å². The lowest BCUT2D eigenvalue weighted by Crippen LogP contribution is -2.45. The summed E-state index contributed by atoms with van der Waals surface area (Å²) in [7, 11) is 1.32. The van der Waals surface area contributed by atoms with Gasteiger partial charge in [-0.15, -0.1) is 24.5 Å². The predicted molar refractivity (Wildman–Crippen MR) is 154 cm³/mol. The Morgan fingerprint density at radius 3 is 2.55 bits per heavy atom. The number of thiazole rings is 1. The van der Waals surface area contributed by atoms with Crippen LogP contribution in [-0.2, 0) is 16.1 Å². The fourth-order valence-electron chi connectivity index (χ4n) is 6.28. The zero-order chi connectivity index (χ0) is 30.4. The maximum atomic E-state index is 13.1. The van der Waals surface area contributed by atoms with Crippen LogP contribution in [0.5, 0.6) is 5.75 Å². The van der Waals surface area contributed by atoms with E-state index in [-0.39, 0.29) is 47.7 Å². The molecule has 3 atom stereocenters. The molecular formula is C31H29F3N4O5S. The molecule has 1 aliphatic carbocycles. The summed E-state index contributed by atoms with van der Waals surface area (Å²) in [6, 6.07) is 9.97. The number of pyridine rings is 1. The van der Waals surface area contributed by atoms with Crippen LogP contribution in [0.25, 0.3) is 22.5 Å². The van der Waals surface area contributed by atoms with Gasteiger partial charge in [0.05, 0.1) is 25.5 Å². The number of hydrogen-bond donors (Lipinski definition) is 0. The highest BCUT2D eigenvalue weighted by atomic mass is 32.1. The van der Waals surface area contributed by atoms with Gasteiger partial charge in [0.1, 0.15) is 22.9 Å². The molecule has 0 spiro atoms. The number of halogens is 3. The van der Waals surface area contributed by atoms with E-state index in [2.05, 4.69) is 19.8 Å². The van der Waals surface area contributed by atoms with E-state index in [1.54, 1.807) is 35.7 Å². The van der Waals surface area contributed by atoms with Crippen LogP contribution in [-0.4, -0.2) is 52.8 Å². The Morgan fingerprint density at radius 2 is 1.86 bits per heavy atom. The number of rotatable bonds is 9. The topological polar surface area (TPSA) is 99.8 Å². The van der Waals surface area contributed by atoms with E-state index in [1.807, 2.05) is 11.4 Å². The van der Waals surface area contributed by atoms with Crippen LogP contribution in [0, 0.1) is 0 Å². The fourth-order valence-corrected chi connectivity index (χ4v) is 7.25. The van der Waals surface area contributed by atoms with Crippen LogP contribution >= 0.6 is 11.3 Å². The van der Waals surface area contributed by atoms with Crippen LogP contribution in [0.3, 0.4) is 0 Å². The highest BCUT2D eigenvalue weighted by Crippen LogP contribution is 2.47. The number of ether oxygens (including phenoxy) is 3. The molecule has 44 heavy (non-hydrogen) atoms. The van der Waals surface area contributed by atoms with Gasteiger partial charge in [-0.05, 0) is 62.8 Å². The summed E-state index contributed by atoms with van der Waals surface area (Å²) in [5.74, 6) is 0.0870. The minimum atomic E-state index is -4.83. The molecule has 230 valence electrons. The Balaban J connectivity index is 1.05. The van der Waals surface area contributed by atoms with Gasteiger partial charge in [-0.25, -0.2) is 14.8 Å². The number of nitrogens with zero attached hydrogens (tertiary/aromatic N) is 4. The molecule has 2 saturated heterocycles. The van der Waals surface area contributed by atoms with E-state index < -0.39 is 12.3 Å². The van der Waals surface area contributed by atoms with Crippen molar-refractivity contribution in [1.82, 2.24) is 15.1 Å². The molecule has 2 bridgehead atoms. The van der Waals surface area contributed by atoms with Gasteiger partial charge in [0.15, 0.2) is 5.13 Å². The van der Waals surface area contributed by atoms with Crippen molar-refractivity contribution in [2.45, 2.75) is 75.6 Å². The zero-order valence-corrected chi connectivity index (χ0v) is 24.6. The number of hydrogen-bond acceptors (Lipinski definition) is 10. The van der Waals surface area contributed by atoms with Gasteiger partial charge in [0.2, 0.25) is 0 Å². The number of methoxy groups -OCH3 is 1. The highest BCUT2D eigenvalue weighted by molar-refractivity contribution is 7.14. The summed E-state index contributed by atoms with van der Waals surface area (Å²) in [6.45, 7) is 0.199. The van der Waals surface area contributed by atoms with Crippen molar-refractivity contribution in [1.29, 1.82) is 0 Å². The van der Waals surface area contributed by atoms with Crippen molar-refractivity contribution in [2.24, 2.45) is 0 Å². The fraction of sp³-hybridized carbons (Fsp3) is 0.419. The summed E-state index contributed by atoms with van der Waals surface area (Å²) in [6.07, 6.45) is 2.37. The molecule has 1 saturated carbocycles. The van der Waals surface area contributed by atoms with E-state index in [1.165, 1.54) is 19.2 Å². The molecule has 3 aromatic heterocycles. The second kappa shape index (κ2) is 11.5. The number of alkyl halides is 3. The SMILES string of the molecule is COC(=O)c1ccc(-c2csc(N3[C@@H]4CC[C@H]3C[C@H](OCc3c(-c5ccccc5OC(F)(F)F)noc3C3CC3)C4)n2)cn1. The predicted octanol–water partition coefficient (Wildman–Crippen LogP) is 7.14. The van der Waals surface area contributed by atoms with Gasteiger partial charge in [-0.2, -0.15) is 0 Å². The lowest BCUT2D eigenvalue weighted by molar-refractivity contribution is -0.274. The molecule has 5 heterocycles. The van der Waals surface area contributed by atoms with Crippen molar-refractivity contribution in [3.05, 3.63) is 65.0 Å². The van der Waals surface area contributed by atoms with Crippen LogP contribution in [0.1, 0.15) is 66.3 Å². The van der Waals surface area contributed by atoms with Crippen LogP contribution in [0.15, 0.2) is 52.5 Å². The molecule has 0 radical (unpaired) electrons. The summed E-state index contributed by atoms with van der Waals surface area (Å²) in [4.78, 5) is 23.2. The third-order valence-corrected chi connectivity index (χ3v) is 9.31. The Morgan fingerprint density at radius 1 is 1.09 bits per heavy atom. The number of fused-ring (bicyclic) bond motifs is 2. The van der Waals surface area contributed by atoms with Gasteiger partial charge < -0.3 is 23.6 Å². The number of piperidine rings is 1. The lowest BCUT2D eigenvalue weighted by Gasteiger charge is -2.38. The minimum Gasteiger partial charge on any atom is -0.464 e. The molecule has 2 aliphatic heterocycles. The first kappa shape index (κ1) is 28.8. The van der Waals surface area contributed by atoms with Gasteiger partial charge in [0, 0.05) is 46.3 Å². The molecule has 0 N–H and O–H groups in total. The minimum absolute atomic E-state index is 0.0188. The van der Waals surface area contributed by atoms with Crippen LogP contribution < -0.4 is 9.64 Å². The Hall–Kier alpha value is -3.97. The molecule has 0 unspecified atom stereocenters. The third kappa shape index (κ3) is 5.77. The zero-order valence-electron chi connectivity index (χ0n) is 23.8. The van der Waals surface area contributed by atoms with Crippen molar-refractivity contribution in [3.63, 3.8) is 0 Å². The molecule has 1 aromatic carbocycles. The number of aromatic nitrogens is 3. The number of benzene rings is 1. The Bertz CT molecular complexity index is 1640. The molecule has 13 heteroatoms. The molecule has 4 aromatic rings. The van der Waals surface area contributed by atoms with E-state index in [4.69, 9.17) is 19.0 Å². The molecule has 9 nitrogen and oxygen atoms in total. The number of carbonyl (C=O) groups is 1. The summed E-state index contributed by atoms with van der Waals surface area (Å²) in [5, 5.41) is 7.14.